The van der Waals surface area contributed by atoms with Gasteiger partial charge in [0.1, 0.15) is 6.04 Å². The summed E-state index contributed by atoms with van der Waals surface area (Å²) >= 11 is 3.29. The Labute approximate surface area is 102 Å². The molecule has 1 atom stereocenters. The molecule has 2 heterocycles. The quantitative estimate of drug-likeness (QED) is 0.898. The second kappa shape index (κ2) is 4.78. The zero-order chi connectivity index (χ0) is 11.5. The summed E-state index contributed by atoms with van der Waals surface area (Å²) in [5.41, 5.74) is 0. The number of carbonyl (C=O) groups excluding carboxylic acids is 1. The van der Waals surface area contributed by atoms with Crippen molar-refractivity contribution in [3.05, 3.63) is 16.9 Å². The molecule has 0 aromatic carbocycles. The van der Waals surface area contributed by atoms with E-state index < -0.39 is 0 Å². The minimum absolute atomic E-state index is 0.0633. The van der Waals surface area contributed by atoms with Crippen molar-refractivity contribution in [3.8, 4) is 0 Å². The molecule has 1 unspecified atom stereocenters. The lowest BCUT2D eigenvalue weighted by Gasteiger charge is -2.25. The van der Waals surface area contributed by atoms with Crippen molar-refractivity contribution in [1.82, 2.24) is 15.3 Å². The molecule has 0 saturated carbocycles. The van der Waals surface area contributed by atoms with E-state index in [-0.39, 0.29) is 11.9 Å². The average Bonchev–Trinajstić information content (AvgIpc) is 2.69. The number of carbonyl (C=O) groups is 1. The van der Waals surface area contributed by atoms with Gasteiger partial charge in [0, 0.05) is 25.5 Å². The SMILES string of the molecule is CCN(c1ncc(Br)cn1)C1CCNC1=O. The lowest BCUT2D eigenvalue weighted by atomic mass is 10.2. The Bertz CT molecular complexity index is 381. The van der Waals surface area contributed by atoms with Crippen molar-refractivity contribution >= 4 is 27.8 Å². The average molecular weight is 285 g/mol. The molecule has 0 spiro atoms. The number of nitrogens with one attached hydrogen (secondary N) is 1. The van der Waals surface area contributed by atoms with Crippen LogP contribution in [0.4, 0.5) is 5.95 Å². The standard InChI is InChI=1S/C10H13BrN4O/c1-2-15(8-3-4-12-9(8)16)10-13-5-7(11)6-14-10/h5-6,8H,2-4H2,1H3,(H,12,16). The maximum Gasteiger partial charge on any atom is 0.242 e. The van der Waals surface area contributed by atoms with Crippen molar-refractivity contribution in [3.63, 3.8) is 0 Å². The summed E-state index contributed by atoms with van der Waals surface area (Å²) in [7, 11) is 0. The fraction of sp³-hybridized carbons (Fsp3) is 0.500. The Hall–Kier alpha value is -1.17. The molecule has 1 fully saturated rings. The van der Waals surface area contributed by atoms with E-state index in [1.807, 2.05) is 11.8 Å². The molecule has 2 rings (SSSR count). The van der Waals surface area contributed by atoms with Crippen LogP contribution in [0.25, 0.3) is 0 Å². The molecule has 1 aromatic rings. The monoisotopic (exact) mass is 284 g/mol. The third-order valence-corrected chi connectivity index (χ3v) is 3.01. The first-order valence-corrected chi connectivity index (χ1v) is 6.03. The summed E-state index contributed by atoms with van der Waals surface area (Å²) in [6.45, 7) is 3.45. The van der Waals surface area contributed by atoms with Gasteiger partial charge in [0.15, 0.2) is 0 Å². The van der Waals surface area contributed by atoms with E-state index in [2.05, 4.69) is 31.2 Å². The number of anilines is 1. The Kier molecular flexibility index (Phi) is 3.38. The van der Waals surface area contributed by atoms with Crippen molar-refractivity contribution in [2.24, 2.45) is 0 Å². The predicted octanol–water partition coefficient (Wildman–Crippen LogP) is 0.954. The van der Waals surface area contributed by atoms with Gasteiger partial charge in [0.2, 0.25) is 11.9 Å². The third-order valence-electron chi connectivity index (χ3n) is 2.60. The number of amides is 1. The smallest absolute Gasteiger partial charge is 0.242 e. The number of likely N-dealkylation sites (N-methyl/N-ethyl adjacent to an activating group) is 1. The molecule has 0 radical (unpaired) electrons. The second-order valence-corrected chi connectivity index (χ2v) is 4.50. The van der Waals surface area contributed by atoms with Gasteiger partial charge in [-0.1, -0.05) is 0 Å². The van der Waals surface area contributed by atoms with Gasteiger partial charge >= 0.3 is 0 Å². The van der Waals surface area contributed by atoms with Gasteiger partial charge in [-0.15, -0.1) is 0 Å². The molecule has 1 N–H and O–H groups in total. The van der Waals surface area contributed by atoms with Crippen LogP contribution in [-0.4, -0.2) is 35.0 Å². The summed E-state index contributed by atoms with van der Waals surface area (Å²) in [6.07, 6.45) is 4.20. The van der Waals surface area contributed by atoms with Crippen LogP contribution in [-0.2, 0) is 4.79 Å². The second-order valence-electron chi connectivity index (χ2n) is 3.58. The lowest BCUT2D eigenvalue weighted by Crippen LogP contribution is -2.41. The normalized spacial score (nSPS) is 19.6. The van der Waals surface area contributed by atoms with Gasteiger partial charge in [0.25, 0.3) is 0 Å². The highest BCUT2D eigenvalue weighted by molar-refractivity contribution is 9.10. The molecule has 6 heteroatoms. The summed E-state index contributed by atoms with van der Waals surface area (Å²) in [6, 6.07) is -0.133. The number of hydrogen-bond acceptors (Lipinski definition) is 4. The maximum absolute atomic E-state index is 11.6. The molecule has 1 aliphatic rings. The molecular formula is C10H13BrN4O. The number of halogens is 1. The van der Waals surface area contributed by atoms with E-state index in [1.54, 1.807) is 12.4 Å². The zero-order valence-electron chi connectivity index (χ0n) is 8.98. The van der Waals surface area contributed by atoms with Crippen LogP contribution in [0.3, 0.4) is 0 Å². The number of nitrogens with zero attached hydrogens (tertiary/aromatic N) is 3. The van der Waals surface area contributed by atoms with Crippen molar-refractivity contribution in [1.29, 1.82) is 0 Å². The third kappa shape index (κ3) is 2.16. The van der Waals surface area contributed by atoms with Crippen molar-refractivity contribution in [2.45, 2.75) is 19.4 Å². The van der Waals surface area contributed by atoms with E-state index >= 15 is 0 Å². The Balaban J connectivity index is 2.21. The summed E-state index contributed by atoms with van der Waals surface area (Å²) < 4.78 is 0.836. The fourth-order valence-corrected chi connectivity index (χ4v) is 2.04. The first-order valence-electron chi connectivity index (χ1n) is 5.24. The van der Waals surface area contributed by atoms with E-state index in [1.165, 1.54) is 0 Å². The van der Waals surface area contributed by atoms with Crippen LogP contribution in [0.2, 0.25) is 0 Å². The summed E-state index contributed by atoms with van der Waals surface area (Å²) in [5.74, 6) is 0.668. The molecular weight excluding hydrogens is 272 g/mol. The van der Waals surface area contributed by atoms with Crippen molar-refractivity contribution in [2.75, 3.05) is 18.0 Å². The summed E-state index contributed by atoms with van der Waals surface area (Å²) in [4.78, 5) is 22.0. The van der Waals surface area contributed by atoms with E-state index in [4.69, 9.17) is 0 Å². The van der Waals surface area contributed by atoms with E-state index in [0.29, 0.717) is 5.95 Å². The molecule has 1 aromatic heterocycles. The topological polar surface area (TPSA) is 58.1 Å². The van der Waals surface area contributed by atoms with E-state index in [9.17, 15) is 4.79 Å². The first-order chi connectivity index (χ1) is 7.72. The molecule has 1 aliphatic heterocycles. The van der Waals surface area contributed by atoms with Crippen molar-refractivity contribution < 1.29 is 4.79 Å². The van der Waals surface area contributed by atoms with Gasteiger partial charge in [0.05, 0.1) is 4.47 Å². The van der Waals surface area contributed by atoms with Gasteiger partial charge in [-0.05, 0) is 29.3 Å². The van der Waals surface area contributed by atoms with Crippen LogP contribution in [0.15, 0.2) is 16.9 Å². The Morgan fingerprint density at radius 1 is 1.56 bits per heavy atom. The van der Waals surface area contributed by atoms with E-state index in [0.717, 1.165) is 24.0 Å². The fourth-order valence-electron chi connectivity index (χ4n) is 1.83. The van der Waals surface area contributed by atoms with Gasteiger partial charge in [-0.2, -0.15) is 0 Å². The highest BCUT2D eigenvalue weighted by Gasteiger charge is 2.30. The minimum atomic E-state index is -0.133. The number of rotatable bonds is 3. The van der Waals surface area contributed by atoms with Crippen LogP contribution >= 0.6 is 15.9 Å². The number of aromatic nitrogens is 2. The Morgan fingerprint density at radius 3 is 2.75 bits per heavy atom. The lowest BCUT2D eigenvalue weighted by molar-refractivity contribution is -0.120. The molecule has 5 nitrogen and oxygen atoms in total. The summed E-state index contributed by atoms with van der Waals surface area (Å²) in [5, 5.41) is 2.82. The maximum atomic E-state index is 11.6. The minimum Gasteiger partial charge on any atom is -0.354 e. The van der Waals surface area contributed by atoms with Crippen LogP contribution in [0.5, 0.6) is 0 Å². The number of hydrogen-bond donors (Lipinski definition) is 1. The van der Waals surface area contributed by atoms with Gasteiger partial charge in [-0.3, -0.25) is 4.79 Å². The zero-order valence-corrected chi connectivity index (χ0v) is 10.6. The van der Waals surface area contributed by atoms with Crippen LogP contribution in [0, 0.1) is 0 Å². The largest absolute Gasteiger partial charge is 0.354 e. The molecule has 1 saturated heterocycles. The predicted molar refractivity (Wildman–Crippen MR) is 64.2 cm³/mol. The highest BCUT2D eigenvalue weighted by Crippen LogP contribution is 2.17. The van der Waals surface area contributed by atoms with Crippen LogP contribution in [0.1, 0.15) is 13.3 Å². The molecule has 0 bridgehead atoms. The van der Waals surface area contributed by atoms with Gasteiger partial charge < -0.3 is 10.2 Å². The Morgan fingerprint density at radius 2 is 2.25 bits per heavy atom. The molecule has 86 valence electrons. The van der Waals surface area contributed by atoms with Crippen LogP contribution < -0.4 is 10.2 Å². The molecule has 1 amide bonds. The highest BCUT2D eigenvalue weighted by atomic mass is 79.9. The first kappa shape index (κ1) is 11.3. The molecule has 0 aliphatic carbocycles. The van der Waals surface area contributed by atoms with Gasteiger partial charge in [-0.25, -0.2) is 9.97 Å². The molecule has 16 heavy (non-hydrogen) atoms.